The number of nitrogens with one attached hydrogen (secondary N) is 1. The van der Waals surface area contributed by atoms with Gasteiger partial charge in [-0.2, -0.15) is 0 Å². The number of benzene rings is 4. The minimum atomic E-state index is -1.16. The molecule has 2 aromatic heterocycles. The Hall–Kier alpha value is -5.95. The second-order valence-corrected chi connectivity index (χ2v) is 12.5. The Morgan fingerprint density at radius 3 is 2.22 bits per heavy atom. The summed E-state index contributed by atoms with van der Waals surface area (Å²) in [5.41, 5.74) is 5.04. The first kappa shape index (κ1) is 33.9. The molecule has 2 heterocycles. The molecule has 0 aliphatic carbocycles. The van der Waals surface area contributed by atoms with Crippen LogP contribution in [-0.4, -0.2) is 72.1 Å². The third-order valence-corrected chi connectivity index (χ3v) is 9.00. The quantitative estimate of drug-likeness (QED) is 0.154. The van der Waals surface area contributed by atoms with E-state index in [1.165, 1.54) is 42.2 Å². The minimum Gasteiger partial charge on any atom is -0.493 e. The van der Waals surface area contributed by atoms with E-state index in [1.54, 1.807) is 12.1 Å². The molecule has 0 unspecified atom stereocenters. The fourth-order valence-corrected chi connectivity index (χ4v) is 6.43. The van der Waals surface area contributed by atoms with Crippen LogP contribution in [0.1, 0.15) is 16.6 Å². The Balaban J connectivity index is 1.46. The highest BCUT2D eigenvalue weighted by atomic mass is 32.1. The summed E-state index contributed by atoms with van der Waals surface area (Å²) in [6.07, 6.45) is 0. The van der Waals surface area contributed by atoms with Gasteiger partial charge in [0.05, 0.1) is 39.1 Å². The number of methoxy groups -OCH3 is 3. The van der Waals surface area contributed by atoms with Gasteiger partial charge in [-0.05, 0) is 54.1 Å². The van der Waals surface area contributed by atoms with Gasteiger partial charge in [0.1, 0.15) is 23.1 Å². The summed E-state index contributed by atoms with van der Waals surface area (Å²) in [5, 5.41) is 14.1. The highest BCUT2D eigenvalue weighted by Crippen LogP contribution is 2.41. The number of anilines is 2. The molecule has 2 amide bonds. The SMILES string of the molecule is COc1cc([C@@H](C(=O)Nc2ccc(N(C)C)cc2)N(Cc2nc(-c3ccccc3)cs2)C(=O)Cn2nnc3ccccc32)cc(OC)c1OC. The van der Waals surface area contributed by atoms with E-state index in [0.29, 0.717) is 44.5 Å². The van der Waals surface area contributed by atoms with Crippen LogP contribution in [0, 0.1) is 0 Å². The monoisotopic (exact) mass is 691 g/mol. The Morgan fingerprint density at radius 2 is 1.56 bits per heavy atom. The Kier molecular flexibility index (Phi) is 10.2. The molecule has 256 valence electrons. The lowest BCUT2D eigenvalue weighted by Crippen LogP contribution is -2.42. The second kappa shape index (κ2) is 15.1. The summed E-state index contributed by atoms with van der Waals surface area (Å²) < 4.78 is 18.5. The van der Waals surface area contributed by atoms with Crippen molar-refractivity contribution < 1.29 is 23.8 Å². The molecule has 1 N–H and O–H groups in total. The molecule has 6 aromatic rings. The van der Waals surface area contributed by atoms with Crippen LogP contribution in [-0.2, 0) is 22.7 Å². The fourth-order valence-electron chi connectivity index (χ4n) is 5.63. The number of para-hydroxylation sites is 1. The lowest BCUT2D eigenvalue weighted by atomic mass is 10.0. The van der Waals surface area contributed by atoms with Gasteiger partial charge in [0, 0.05) is 36.4 Å². The predicted octanol–water partition coefficient (Wildman–Crippen LogP) is 6.06. The zero-order chi connectivity index (χ0) is 35.2. The largest absolute Gasteiger partial charge is 0.493 e. The summed E-state index contributed by atoms with van der Waals surface area (Å²) in [6, 6.07) is 26.8. The normalized spacial score (nSPS) is 11.5. The maximum atomic E-state index is 14.6. The van der Waals surface area contributed by atoms with Crippen molar-refractivity contribution in [2.24, 2.45) is 0 Å². The standard InChI is InChI=1S/C37H37N7O5S/c1-42(2)27-17-15-26(16-18-27)38-37(46)35(25-19-31(47-3)36(49-5)32(20-25)48-4)43(21-33-39-29(23-50-33)24-11-7-6-8-12-24)34(45)22-44-30-14-10-9-13-28(30)40-41-44/h6-20,23,35H,21-22H2,1-5H3,(H,38,46)/t35-/m0/s1. The van der Waals surface area contributed by atoms with Crippen molar-refractivity contribution >= 4 is 45.6 Å². The molecule has 50 heavy (non-hydrogen) atoms. The van der Waals surface area contributed by atoms with Gasteiger partial charge < -0.3 is 29.3 Å². The molecular weight excluding hydrogens is 655 g/mol. The molecule has 0 aliphatic rings. The second-order valence-electron chi connectivity index (χ2n) is 11.5. The van der Waals surface area contributed by atoms with Crippen molar-refractivity contribution in [2.45, 2.75) is 19.1 Å². The van der Waals surface area contributed by atoms with E-state index in [9.17, 15) is 9.59 Å². The fraction of sp³-hybridized carbons (Fsp3) is 0.216. The summed E-state index contributed by atoms with van der Waals surface area (Å²) >= 11 is 1.41. The topological polar surface area (TPSA) is 124 Å². The van der Waals surface area contributed by atoms with Crippen LogP contribution in [0.5, 0.6) is 17.2 Å². The molecule has 0 aliphatic heterocycles. The molecule has 13 heteroatoms. The van der Waals surface area contributed by atoms with Crippen molar-refractivity contribution in [3.05, 3.63) is 107 Å². The van der Waals surface area contributed by atoms with Crippen molar-refractivity contribution in [1.29, 1.82) is 0 Å². The summed E-state index contributed by atoms with van der Waals surface area (Å²) in [5.74, 6) is 0.203. The van der Waals surface area contributed by atoms with E-state index >= 15 is 0 Å². The zero-order valence-electron chi connectivity index (χ0n) is 28.4. The van der Waals surface area contributed by atoms with E-state index < -0.39 is 11.9 Å². The van der Waals surface area contributed by atoms with Crippen LogP contribution in [0.2, 0.25) is 0 Å². The highest BCUT2D eigenvalue weighted by Gasteiger charge is 2.35. The van der Waals surface area contributed by atoms with E-state index in [4.69, 9.17) is 19.2 Å². The van der Waals surface area contributed by atoms with E-state index in [1.807, 2.05) is 103 Å². The third kappa shape index (κ3) is 7.22. The number of thiazole rings is 1. The van der Waals surface area contributed by atoms with Crippen LogP contribution in [0.25, 0.3) is 22.3 Å². The maximum absolute atomic E-state index is 14.6. The predicted molar refractivity (Wildman–Crippen MR) is 194 cm³/mol. The highest BCUT2D eigenvalue weighted by molar-refractivity contribution is 7.09. The van der Waals surface area contributed by atoms with Gasteiger partial charge >= 0.3 is 0 Å². The van der Waals surface area contributed by atoms with Crippen LogP contribution in [0.15, 0.2) is 96.4 Å². The van der Waals surface area contributed by atoms with Gasteiger partial charge in [0.2, 0.25) is 11.7 Å². The van der Waals surface area contributed by atoms with Crippen molar-refractivity contribution in [3.63, 3.8) is 0 Å². The molecule has 6 rings (SSSR count). The van der Waals surface area contributed by atoms with Gasteiger partial charge in [0.25, 0.3) is 5.91 Å². The molecule has 1 atom stereocenters. The smallest absolute Gasteiger partial charge is 0.251 e. The maximum Gasteiger partial charge on any atom is 0.251 e. The first-order chi connectivity index (χ1) is 24.3. The summed E-state index contributed by atoms with van der Waals surface area (Å²) in [4.78, 5) is 37.5. The molecule has 4 aromatic carbocycles. The number of nitrogens with zero attached hydrogens (tertiary/aromatic N) is 6. The van der Waals surface area contributed by atoms with Gasteiger partial charge in [-0.25, -0.2) is 9.67 Å². The van der Waals surface area contributed by atoms with Crippen LogP contribution < -0.4 is 24.4 Å². The van der Waals surface area contributed by atoms with Crippen LogP contribution >= 0.6 is 11.3 Å². The lowest BCUT2D eigenvalue weighted by molar-refractivity contribution is -0.140. The minimum absolute atomic E-state index is 0.0251. The first-order valence-corrected chi connectivity index (χ1v) is 16.6. The number of amides is 2. The first-order valence-electron chi connectivity index (χ1n) is 15.7. The van der Waals surface area contributed by atoms with E-state index in [0.717, 1.165) is 16.9 Å². The number of rotatable bonds is 13. The van der Waals surface area contributed by atoms with Gasteiger partial charge in [-0.1, -0.05) is 47.7 Å². The average molecular weight is 692 g/mol. The number of hydrogen-bond acceptors (Lipinski definition) is 10. The molecule has 12 nitrogen and oxygen atoms in total. The molecule has 0 bridgehead atoms. The third-order valence-electron chi connectivity index (χ3n) is 8.17. The Bertz CT molecular complexity index is 2070. The summed E-state index contributed by atoms with van der Waals surface area (Å²) in [6.45, 7) is -0.152. The van der Waals surface area contributed by atoms with Crippen molar-refractivity contribution in [3.8, 4) is 28.5 Å². The molecule has 0 saturated carbocycles. The number of carbonyl (C=O) groups excluding carboxylic acids is 2. The molecular formula is C37H37N7O5S. The average Bonchev–Trinajstić information content (AvgIpc) is 3.78. The molecule has 0 fully saturated rings. The number of hydrogen-bond donors (Lipinski definition) is 1. The zero-order valence-corrected chi connectivity index (χ0v) is 29.2. The van der Waals surface area contributed by atoms with Gasteiger partial charge in [0.15, 0.2) is 11.5 Å². The Morgan fingerprint density at radius 1 is 0.880 bits per heavy atom. The van der Waals surface area contributed by atoms with Crippen LogP contribution in [0.3, 0.4) is 0 Å². The van der Waals surface area contributed by atoms with Crippen molar-refractivity contribution in [1.82, 2.24) is 24.9 Å². The molecule has 0 saturated heterocycles. The summed E-state index contributed by atoms with van der Waals surface area (Å²) in [7, 11) is 8.39. The number of aromatic nitrogens is 4. The Labute approximate surface area is 293 Å². The lowest BCUT2D eigenvalue weighted by Gasteiger charge is -2.31. The number of ether oxygens (including phenoxy) is 3. The van der Waals surface area contributed by atoms with E-state index in [-0.39, 0.29) is 19.0 Å². The number of carbonyl (C=O) groups is 2. The van der Waals surface area contributed by atoms with Crippen LogP contribution in [0.4, 0.5) is 11.4 Å². The number of fused-ring (bicyclic) bond motifs is 1. The molecule has 0 radical (unpaired) electrons. The van der Waals surface area contributed by atoms with Gasteiger partial charge in [-0.15, -0.1) is 16.4 Å². The van der Waals surface area contributed by atoms with Gasteiger partial charge in [-0.3, -0.25) is 9.59 Å². The van der Waals surface area contributed by atoms with Crippen molar-refractivity contribution in [2.75, 3.05) is 45.6 Å². The molecule has 0 spiro atoms. The van der Waals surface area contributed by atoms with E-state index in [2.05, 4.69) is 15.6 Å².